The fourth-order valence-electron chi connectivity index (χ4n) is 1.88. The van der Waals surface area contributed by atoms with Gasteiger partial charge < -0.3 is 14.6 Å². The van der Waals surface area contributed by atoms with Crippen LogP contribution in [0.2, 0.25) is 5.02 Å². The predicted octanol–water partition coefficient (Wildman–Crippen LogP) is 3.44. The van der Waals surface area contributed by atoms with Crippen molar-refractivity contribution >= 4 is 11.6 Å². The van der Waals surface area contributed by atoms with Crippen molar-refractivity contribution < 1.29 is 14.6 Å². The van der Waals surface area contributed by atoms with Crippen LogP contribution in [0.15, 0.2) is 42.5 Å². The topological polar surface area (TPSA) is 38.7 Å². The summed E-state index contributed by atoms with van der Waals surface area (Å²) in [4.78, 5) is 0. The number of rotatable bonds is 4. The van der Waals surface area contributed by atoms with Crippen LogP contribution in [0.25, 0.3) is 0 Å². The molecule has 3 nitrogen and oxygen atoms in total. The number of benzene rings is 2. The summed E-state index contributed by atoms with van der Waals surface area (Å²) in [5.74, 6) is 1.35. The summed E-state index contributed by atoms with van der Waals surface area (Å²) in [5, 5.41) is 11.0. The standard InChI is InChI=1S/C15H15ClO3/c1-18-12-6-3-10(4-7-12)15(17)13-9-11(16)5-8-14(13)19-2/h3-9,15,17H,1-2H3. The van der Waals surface area contributed by atoms with Gasteiger partial charge in [0, 0.05) is 10.6 Å². The minimum atomic E-state index is -0.792. The van der Waals surface area contributed by atoms with Crippen molar-refractivity contribution in [2.75, 3.05) is 14.2 Å². The molecular weight excluding hydrogens is 264 g/mol. The highest BCUT2D eigenvalue weighted by Gasteiger charge is 2.16. The molecule has 0 bridgehead atoms. The third kappa shape index (κ3) is 3.00. The van der Waals surface area contributed by atoms with E-state index in [9.17, 15) is 5.11 Å². The Hall–Kier alpha value is -1.71. The summed E-state index contributed by atoms with van der Waals surface area (Å²) < 4.78 is 10.3. The van der Waals surface area contributed by atoms with Crippen LogP contribution < -0.4 is 9.47 Å². The number of hydrogen-bond acceptors (Lipinski definition) is 3. The summed E-state index contributed by atoms with van der Waals surface area (Å²) in [6, 6.07) is 12.4. The molecule has 0 amide bonds. The lowest BCUT2D eigenvalue weighted by molar-refractivity contribution is 0.214. The van der Waals surface area contributed by atoms with Crippen LogP contribution in [0.3, 0.4) is 0 Å². The molecule has 0 spiro atoms. The normalized spacial score (nSPS) is 12.0. The van der Waals surface area contributed by atoms with Crippen LogP contribution >= 0.6 is 11.6 Å². The van der Waals surface area contributed by atoms with E-state index < -0.39 is 6.10 Å². The molecule has 0 aliphatic heterocycles. The molecule has 4 heteroatoms. The van der Waals surface area contributed by atoms with Crippen LogP contribution in [0.4, 0.5) is 0 Å². The SMILES string of the molecule is COc1ccc(C(O)c2cc(Cl)ccc2OC)cc1. The van der Waals surface area contributed by atoms with Crippen molar-refractivity contribution in [3.8, 4) is 11.5 Å². The number of hydrogen-bond donors (Lipinski definition) is 1. The number of methoxy groups -OCH3 is 2. The molecule has 2 aromatic rings. The lowest BCUT2D eigenvalue weighted by atomic mass is 10.0. The predicted molar refractivity (Wildman–Crippen MR) is 75.1 cm³/mol. The van der Waals surface area contributed by atoms with Gasteiger partial charge in [0.25, 0.3) is 0 Å². The number of aliphatic hydroxyl groups excluding tert-OH is 1. The Morgan fingerprint density at radius 2 is 1.68 bits per heavy atom. The summed E-state index contributed by atoms with van der Waals surface area (Å²) in [5.41, 5.74) is 1.39. The van der Waals surface area contributed by atoms with Crippen LogP contribution in [-0.4, -0.2) is 19.3 Å². The molecule has 1 atom stereocenters. The van der Waals surface area contributed by atoms with Crippen LogP contribution in [-0.2, 0) is 0 Å². The quantitative estimate of drug-likeness (QED) is 0.931. The molecule has 1 unspecified atom stereocenters. The minimum absolute atomic E-state index is 0.559. The molecule has 100 valence electrons. The van der Waals surface area contributed by atoms with E-state index in [0.29, 0.717) is 16.3 Å². The zero-order valence-electron chi connectivity index (χ0n) is 10.8. The molecule has 0 saturated heterocycles. The van der Waals surface area contributed by atoms with Crippen molar-refractivity contribution in [2.45, 2.75) is 6.10 Å². The zero-order valence-corrected chi connectivity index (χ0v) is 11.5. The van der Waals surface area contributed by atoms with E-state index in [4.69, 9.17) is 21.1 Å². The third-order valence-corrected chi connectivity index (χ3v) is 3.15. The maximum atomic E-state index is 10.4. The zero-order chi connectivity index (χ0) is 13.8. The maximum Gasteiger partial charge on any atom is 0.125 e. The average molecular weight is 279 g/mol. The Kier molecular flexibility index (Phi) is 4.30. The van der Waals surface area contributed by atoms with Gasteiger partial charge in [-0.05, 0) is 35.9 Å². The lowest BCUT2D eigenvalue weighted by Crippen LogP contribution is -2.02. The Bertz CT molecular complexity index is 552. The Labute approximate surface area is 117 Å². The van der Waals surface area contributed by atoms with E-state index in [0.717, 1.165) is 11.3 Å². The molecule has 19 heavy (non-hydrogen) atoms. The number of halogens is 1. The van der Waals surface area contributed by atoms with Crippen LogP contribution in [0, 0.1) is 0 Å². The maximum absolute atomic E-state index is 10.4. The van der Waals surface area contributed by atoms with Gasteiger partial charge in [-0.25, -0.2) is 0 Å². The molecular formula is C15H15ClO3. The van der Waals surface area contributed by atoms with Crippen molar-refractivity contribution in [3.63, 3.8) is 0 Å². The minimum Gasteiger partial charge on any atom is -0.497 e. The van der Waals surface area contributed by atoms with E-state index in [1.807, 2.05) is 12.1 Å². The van der Waals surface area contributed by atoms with Gasteiger partial charge in [-0.1, -0.05) is 23.7 Å². The van der Waals surface area contributed by atoms with Crippen molar-refractivity contribution in [1.29, 1.82) is 0 Å². The fraction of sp³-hybridized carbons (Fsp3) is 0.200. The van der Waals surface area contributed by atoms with E-state index in [1.165, 1.54) is 0 Å². The van der Waals surface area contributed by atoms with E-state index in [1.54, 1.807) is 44.6 Å². The van der Waals surface area contributed by atoms with Crippen molar-refractivity contribution in [3.05, 3.63) is 58.6 Å². The van der Waals surface area contributed by atoms with Gasteiger partial charge >= 0.3 is 0 Å². The molecule has 0 aromatic heterocycles. The Morgan fingerprint density at radius 3 is 2.26 bits per heavy atom. The monoisotopic (exact) mass is 278 g/mol. The largest absolute Gasteiger partial charge is 0.497 e. The first-order chi connectivity index (χ1) is 9.15. The second-order valence-corrected chi connectivity index (χ2v) is 4.50. The molecule has 0 aliphatic carbocycles. The van der Waals surface area contributed by atoms with E-state index in [2.05, 4.69) is 0 Å². The molecule has 2 rings (SSSR count). The summed E-state index contributed by atoms with van der Waals surface area (Å²) in [6.07, 6.45) is -0.792. The highest BCUT2D eigenvalue weighted by Crippen LogP contribution is 2.32. The smallest absolute Gasteiger partial charge is 0.125 e. The Morgan fingerprint density at radius 1 is 1.00 bits per heavy atom. The third-order valence-electron chi connectivity index (χ3n) is 2.92. The van der Waals surface area contributed by atoms with Gasteiger partial charge in [-0.15, -0.1) is 0 Å². The summed E-state index contributed by atoms with van der Waals surface area (Å²) in [6.45, 7) is 0. The molecule has 0 radical (unpaired) electrons. The highest BCUT2D eigenvalue weighted by molar-refractivity contribution is 6.30. The highest BCUT2D eigenvalue weighted by atomic mass is 35.5. The van der Waals surface area contributed by atoms with Crippen molar-refractivity contribution in [2.24, 2.45) is 0 Å². The first-order valence-electron chi connectivity index (χ1n) is 5.81. The van der Waals surface area contributed by atoms with Gasteiger partial charge in [0.05, 0.1) is 14.2 Å². The first-order valence-corrected chi connectivity index (χ1v) is 6.19. The van der Waals surface area contributed by atoms with E-state index in [-0.39, 0.29) is 0 Å². The van der Waals surface area contributed by atoms with Gasteiger partial charge in [0.1, 0.15) is 17.6 Å². The fourth-order valence-corrected chi connectivity index (χ4v) is 2.07. The summed E-state index contributed by atoms with van der Waals surface area (Å²) >= 11 is 5.97. The van der Waals surface area contributed by atoms with E-state index >= 15 is 0 Å². The first kappa shape index (κ1) is 13.7. The number of aliphatic hydroxyl groups is 1. The Balaban J connectivity index is 2.36. The molecule has 0 saturated carbocycles. The van der Waals surface area contributed by atoms with Gasteiger partial charge in [-0.3, -0.25) is 0 Å². The van der Waals surface area contributed by atoms with Gasteiger partial charge in [0.2, 0.25) is 0 Å². The second kappa shape index (κ2) is 5.95. The van der Waals surface area contributed by atoms with Crippen LogP contribution in [0.5, 0.6) is 11.5 Å². The number of ether oxygens (including phenoxy) is 2. The van der Waals surface area contributed by atoms with Gasteiger partial charge in [-0.2, -0.15) is 0 Å². The average Bonchev–Trinajstić information content (AvgIpc) is 2.46. The second-order valence-electron chi connectivity index (χ2n) is 4.06. The van der Waals surface area contributed by atoms with Crippen LogP contribution in [0.1, 0.15) is 17.2 Å². The van der Waals surface area contributed by atoms with Gasteiger partial charge in [0.15, 0.2) is 0 Å². The lowest BCUT2D eigenvalue weighted by Gasteiger charge is -2.15. The summed E-state index contributed by atoms with van der Waals surface area (Å²) in [7, 11) is 3.17. The van der Waals surface area contributed by atoms with Crippen molar-refractivity contribution in [1.82, 2.24) is 0 Å². The molecule has 2 aromatic carbocycles. The molecule has 0 fully saturated rings. The molecule has 0 aliphatic rings. The molecule has 1 N–H and O–H groups in total. The molecule has 0 heterocycles.